The van der Waals surface area contributed by atoms with Gasteiger partial charge in [-0.1, -0.05) is 24.3 Å². The second-order valence-electron chi connectivity index (χ2n) is 6.83. The van der Waals surface area contributed by atoms with Crippen molar-refractivity contribution in [2.45, 2.75) is 6.42 Å². The molecule has 0 aliphatic carbocycles. The minimum Gasteiger partial charge on any atom is -0.326 e. The summed E-state index contributed by atoms with van der Waals surface area (Å²) in [5, 5.41) is 5.59. The van der Waals surface area contributed by atoms with E-state index in [-0.39, 0.29) is 17.7 Å². The van der Waals surface area contributed by atoms with E-state index < -0.39 is 0 Å². The van der Waals surface area contributed by atoms with E-state index in [1.165, 1.54) is 0 Å². The number of amides is 3. The third-order valence-electron chi connectivity index (χ3n) is 4.81. The van der Waals surface area contributed by atoms with Crippen LogP contribution in [0.5, 0.6) is 0 Å². The van der Waals surface area contributed by atoms with E-state index in [2.05, 4.69) is 10.6 Å². The van der Waals surface area contributed by atoms with Crippen molar-refractivity contribution < 1.29 is 14.4 Å². The average Bonchev–Trinajstić information content (AvgIpc) is 3.12. The molecule has 0 saturated heterocycles. The van der Waals surface area contributed by atoms with Gasteiger partial charge in [-0.05, 0) is 54.1 Å². The average molecular weight is 385 g/mol. The minimum atomic E-state index is -0.320. The minimum absolute atomic E-state index is 0.0581. The van der Waals surface area contributed by atoms with Crippen LogP contribution in [0.2, 0.25) is 0 Å². The maximum atomic E-state index is 12.8. The molecule has 0 spiro atoms. The highest BCUT2D eigenvalue weighted by Gasteiger charge is 2.19. The highest BCUT2D eigenvalue weighted by atomic mass is 16.2. The lowest BCUT2D eigenvalue weighted by Crippen LogP contribution is -2.26. The van der Waals surface area contributed by atoms with Gasteiger partial charge >= 0.3 is 0 Å². The first kappa shape index (κ1) is 18.4. The largest absolute Gasteiger partial charge is 0.326 e. The molecule has 0 aromatic heterocycles. The van der Waals surface area contributed by atoms with E-state index in [1.54, 1.807) is 54.4 Å². The molecule has 144 valence electrons. The van der Waals surface area contributed by atoms with Gasteiger partial charge in [0.25, 0.3) is 11.8 Å². The predicted molar refractivity (Wildman–Crippen MR) is 112 cm³/mol. The van der Waals surface area contributed by atoms with Crippen LogP contribution in [0.3, 0.4) is 0 Å². The van der Waals surface area contributed by atoms with Gasteiger partial charge < -0.3 is 15.5 Å². The first-order valence-electron chi connectivity index (χ1n) is 9.18. The molecule has 6 heteroatoms. The number of benzene rings is 3. The third kappa shape index (κ3) is 3.87. The van der Waals surface area contributed by atoms with Crippen molar-refractivity contribution in [3.05, 3.63) is 89.5 Å². The number of nitrogens with one attached hydrogen (secondary N) is 2. The normalized spacial score (nSPS) is 12.1. The van der Waals surface area contributed by atoms with E-state index in [4.69, 9.17) is 0 Å². The SMILES string of the molecule is CN(C(=O)c1cccc(C(=O)Nc2ccc3c(c2)CC(=O)N3)c1)c1ccccc1. The molecular formula is C23H19N3O3. The molecule has 3 aromatic rings. The number of hydrogen-bond acceptors (Lipinski definition) is 3. The quantitative estimate of drug-likeness (QED) is 0.719. The van der Waals surface area contributed by atoms with Crippen LogP contribution in [0.1, 0.15) is 26.3 Å². The summed E-state index contributed by atoms with van der Waals surface area (Å²) in [5.41, 5.74) is 3.79. The van der Waals surface area contributed by atoms with Crippen LogP contribution in [-0.4, -0.2) is 24.8 Å². The van der Waals surface area contributed by atoms with Crippen LogP contribution in [-0.2, 0) is 11.2 Å². The van der Waals surface area contributed by atoms with E-state index in [1.807, 2.05) is 30.3 Å². The molecule has 1 aliphatic heterocycles. The van der Waals surface area contributed by atoms with Crippen molar-refractivity contribution in [3.8, 4) is 0 Å². The van der Waals surface area contributed by atoms with Crippen LogP contribution in [0.25, 0.3) is 0 Å². The molecule has 2 N–H and O–H groups in total. The lowest BCUT2D eigenvalue weighted by Gasteiger charge is -2.17. The molecule has 0 saturated carbocycles. The molecular weight excluding hydrogens is 366 g/mol. The Hall–Kier alpha value is -3.93. The Labute approximate surface area is 168 Å². The number of nitrogens with zero attached hydrogens (tertiary/aromatic N) is 1. The fraction of sp³-hybridized carbons (Fsp3) is 0.0870. The summed E-state index contributed by atoms with van der Waals surface area (Å²) >= 11 is 0. The van der Waals surface area contributed by atoms with Gasteiger partial charge in [-0.25, -0.2) is 0 Å². The van der Waals surface area contributed by atoms with Crippen LogP contribution in [0, 0.1) is 0 Å². The summed E-state index contributed by atoms with van der Waals surface area (Å²) in [6, 6.07) is 21.2. The summed E-state index contributed by atoms with van der Waals surface area (Å²) in [4.78, 5) is 38.5. The number of carbonyl (C=O) groups is 3. The number of anilines is 3. The number of hydrogen-bond donors (Lipinski definition) is 2. The van der Waals surface area contributed by atoms with Crippen molar-refractivity contribution in [2.75, 3.05) is 22.6 Å². The topological polar surface area (TPSA) is 78.5 Å². The third-order valence-corrected chi connectivity index (χ3v) is 4.81. The van der Waals surface area contributed by atoms with Crippen molar-refractivity contribution in [1.82, 2.24) is 0 Å². The zero-order valence-corrected chi connectivity index (χ0v) is 15.8. The van der Waals surface area contributed by atoms with Crippen molar-refractivity contribution in [1.29, 1.82) is 0 Å². The van der Waals surface area contributed by atoms with Gasteiger partial charge in [0.15, 0.2) is 0 Å². The molecule has 0 radical (unpaired) electrons. The number of para-hydroxylation sites is 1. The smallest absolute Gasteiger partial charge is 0.258 e. The molecule has 29 heavy (non-hydrogen) atoms. The van der Waals surface area contributed by atoms with Gasteiger partial charge in [0.05, 0.1) is 6.42 Å². The highest BCUT2D eigenvalue weighted by Crippen LogP contribution is 2.26. The Morgan fingerprint density at radius 2 is 1.69 bits per heavy atom. The van der Waals surface area contributed by atoms with E-state index in [0.717, 1.165) is 16.9 Å². The van der Waals surface area contributed by atoms with Gasteiger partial charge in [0.1, 0.15) is 0 Å². The zero-order valence-electron chi connectivity index (χ0n) is 15.8. The summed E-state index contributed by atoms with van der Waals surface area (Å²) < 4.78 is 0. The Morgan fingerprint density at radius 3 is 2.48 bits per heavy atom. The lowest BCUT2D eigenvalue weighted by molar-refractivity contribution is -0.115. The molecule has 4 rings (SSSR count). The Bertz CT molecular complexity index is 1110. The monoisotopic (exact) mass is 385 g/mol. The van der Waals surface area contributed by atoms with E-state index >= 15 is 0 Å². The fourth-order valence-corrected chi connectivity index (χ4v) is 3.27. The molecule has 3 amide bonds. The first-order valence-corrected chi connectivity index (χ1v) is 9.18. The van der Waals surface area contributed by atoms with Crippen molar-refractivity contribution in [3.63, 3.8) is 0 Å². The second kappa shape index (κ2) is 7.59. The number of fused-ring (bicyclic) bond motifs is 1. The molecule has 0 unspecified atom stereocenters. The maximum absolute atomic E-state index is 12.8. The molecule has 1 heterocycles. The van der Waals surface area contributed by atoms with Gasteiger partial charge in [-0.15, -0.1) is 0 Å². The fourth-order valence-electron chi connectivity index (χ4n) is 3.27. The van der Waals surface area contributed by atoms with Crippen LogP contribution in [0.15, 0.2) is 72.8 Å². The molecule has 3 aromatic carbocycles. The summed E-state index contributed by atoms with van der Waals surface area (Å²) in [6.07, 6.45) is 0.300. The predicted octanol–water partition coefficient (Wildman–Crippen LogP) is 3.71. The van der Waals surface area contributed by atoms with Gasteiger partial charge in [-0.3, -0.25) is 14.4 Å². The van der Waals surface area contributed by atoms with Crippen molar-refractivity contribution in [2.24, 2.45) is 0 Å². The number of carbonyl (C=O) groups excluding carboxylic acids is 3. The first-order chi connectivity index (χ1) is 14.0. The van der Waals surface area contributed by atoms with E-state index in [9.17, 15) is 14.4 Å². The molecule has 0 fully saturated rings. The summed E-state index contributed by atoms with van der Waals surface area (Å²) in [7, 11) is 1.70. The van der Waals surface area contributed by atoms with Gasteiger partial charge in [-0.2, -0.15) is 0 Å². The highest BCUT2D eigenvalue weighted by molar-refractivity contribution is 6.09. The number of rotatable bonds is 4. The molecule has 0 atom stereocenters. The molecule has 6 nitrogen and oxygen atoms in total. The van der Waals surface area contributed by atoms with Crippen LogP contribution < -0.4 is 15.5 Å². The standard InChI is InChI=1S/C23H19N3O3/c1-26(19-8-3-2-4-9-19)23(29)16-7-5-6-15(12-16)22(28)24-18-10-11-20-17(13-18)14-21(27)25-20/h2-13H,14H2,1H3,(H,24,28)(H,25,27). The molecule has 0 bridgehead atoms. The Balaban J connectivity index is 1.51. The molecule has 1 aliphatic rings. The van der Waals surface area contributed by atoms with Crippen molar-refractivity contribution >= 4 is 34.8 Å². The van der Waals surface area contributed by atoms with E-state index in [0.29, 0.717) is 23.2 Å². The Morgan fingerprint density at radius 1 is 0.931 bits per heavy atom. The van der Waals surface area contributed by atoms with Gasteiger partial charge in [0.2, 0.25) is 5.91 Å². The summed E-state index contributed by atoms with van der Waals surface area (Å²) in [5.74, 6) is -0.579. The Kier molecular flexibility index (Phi) is 4.83. The maximum Gasteiger partial charge on any atom is 0.258 e. The second-order valence-corrected chi connectivity index (χ2v) is 6.83. The lowest BCUT2D eigenvalue weighted by atomic mass is 10.1. The van der Waals surface area contributed by atoms with Crippen LogP contribution in [0.4, 0.5) is 17.1 Å². The zero-order chi connectivity index (χ0) is 20.4. The van der Waals surface area contributed by atoms with Crippen LogP contribution >= 0.6 is 0 Å². The summed E-state index contributed by atoms with van der Waals surface area (Å²) in [6.45, 7) is 0. The van der Waals surface area contributed by atoms with Gasteiger partial charge in [0, 0.05) is 35.2 Å².